The van der Waals surface area contributed by atoms with E-state index in [9.17, 15) is 27.6 Å². The molecule has 0 aliphatic carbocycles. The zero-order valence-corrected chi connectivity index (χ0v) is 16.6. The van der Waals surface area contributed by atoms with Crippen molar-refractivity contribution in [1.82, 2.24) is 4.68 Å². The second kappa shape index (κ2) is 9.04. The number of aromatic nitrogens is 1. The van der Waals surface area contributed by atoms with Gasteiger partial charge in [0.2, 0.25) is 0 Å². The number of aryl methyl sites for hydroxylation is 1. The number of carbonyl (C=O) groups is 3. The maximum atomic E-state index is 12.8. The van der Waals surface area contributed by atoms with E-state index < -0.39 is 29.5 Å². The highest BCUT2D eigenvalue weighted by atomic mass is 32.1. The molecule has 31 heavy (non-hydrogen) atoms. The molecule has 2 heterocycles. The molecular weight excluding hydrogens is 435 g/mol. The molecule has 0 aliphatic rings. The first-order valence-corrected chi connectivity index (χ1v) is 9.79. The van der Waals surface area contributed by atoms with E-state index in [0.717, 1.165) is 23.1 Å². The average Bonchev–Trinajstić information content (AvgIpc) is 3.35. The summed E-state index contributed by atoms with van der Waals surface area (Å²) in [6.07, 6.45) is -4.70. The molecule has 2 amide bonds. The molecule has 0 saturated heterocycles. The van der Waals surface area contributed by atoms with Gasteiger partial charge in [0.05, 0.1) is 22.6 Å². The number of nitrogens with one attached hydrogen (secondary N) is 2. The van der Waals surface area contributed by atoms with Crippen LogP contribution < -0.4 is 10.7 Å². The highest BCUT2D eigenvalue weighted by Crippen LogP contribution is 2.30. The van der Waals surface area contributed by atoms with Gasteiger partial charge in [0.1, 0.15) is 0 Å². The zero-order valence-electron chi connectivity index (χ0n) is 15.8. The van der Waals surface area contributed by atoms with Gasteiger partial charge in [-0.05, 0) is 41.8 Å². The van der Waals surface area contributed by atoms with Crippen molar-refractivity contribution in [1.29, 1.82) is 0 Å². The van der Waals surface area contributed by atoms with Crippen LogP contribution in [0.5, 0.6) is 0 Å². The summed E-state index contributed by atoms with van der Waals surface area (Å²) >= 11 is 1.37. The van der Waals surface area contributed by atoms with Crippen LogP contribution in [0.25, 0.3) is 10.6 Å². The Morgan fingerprint density at radius 1 is 1.03 bits per heavy atom. The first-order chi connectivity index (χ1) is 14.6. The Morgan fingerprint density at radius 2 is 1.81 bits per heavy atom. The quantitative estimate of drug-likeness (QED) is 0.494. The first kappa shape index (κ1) is 22.1. The zero-order chi connectivity index (χ0) is 22.6. The monoisotopic (exact) mass is 451 g/mol. The van der Waals surface area contributed by atoms with Crippen molar-refractivity contribution in [3.8, 4) is 10.6 Å². The summed E-state index contributed by atoms with van der Waals surface area (Å²) in [6.45, 7) is 0. The largest absolute Gasteiger partial charge is 0.481 e. The highest BCUT2D eigenvalue weighted by Gasteiger charge is 2.30. The molecule has 0 bridgehead atoms. The number of alkyl halides is 3. The normalized spacial score (nSPS) is 11.2. The lowest BCUT2D eigenvalue weighted by Gasteiger charge is -2.14. The van der Waals surface area contributed by atoms with Crippen LogP contribution >= 0.6 is 11.3 Å². The van der Waals surface area contributed by atoms with Gasteiger partial charge in [-0.2, -0.15) is 13.2 Å². The van der Waals surface area contributed by atoms with Gasteiger partial charge in [-0.1, -0.05) is 12.1 Å². The van der Waals surface area contributed by atoms with Crippen molar-refractivity contribution in [2.75, 3.05) is 10.7 Å². The number of anilines is 1. The fourth-order valence-electron chi connectivity index (χ4n) is 2.77. The van der Waals surface area contributed by atoms with Crippen LogP contribution in [0.3, 0.4) is 0 Å². The average molecular weight is 451 g/mol. The van der Waals surface area contributed by atoms with Gasteiger partial charge in [0, 0.05) is 17.8 Å². The summed E-state index contributed by atoms with van der Waals surface area (Å²) in [4.78, 5) is 36.4. The van der Waals surface area contributed by atoms with E-state index in [4.69, 9.17) is 5.11 Å². The minimum absolute atomic E-state index is 0.0935. The number of aliphatic carboxylic acids is 1. The Morgan fingerprint density at radius 3 is 2.45 bits per heavy atom. The fourth-order valence-corrected chi connectivity index (χ4v) is 3.51. The molecule has 0 spiro atoms. The summed E-state index contributed by atoms with van der Waals surface area (Å²) in [5.74, 6) is -3.32. The maximum absolute atomic E-state index is 12.8. The summed E-state index contributed by atoms with van der Waals surface area (Å²) in [5, 5.41) is 12.9. The van der Waals surface area contributed by atoms with Crippen LogP contribution in [-0.4, -0.2) is 27.6 Å². The van der Waals surface area contributed by atoms with Crippen molar-refractivity contribution in [3.63, 3.8) is 0 Å². The summed E-state index contributed by atoms with van der Waals surface area (Å²) in [5.41, 5.74) is 2.23. The molecule has 3 rings (SSSR count). The second-order valence-corrected chi connectivity index (χ2v) is 7.34. The predicted molar refractivity (Wildman–Crippen MR) is 108 cm³/mol. The molecule has 0 unspecified atom stereocenters. The van der Waals surface area contributed by atoms with E-state index in [0.29, 0.717) is 11.4 Å². The minimum Gasteiger partial charge on any atom is -0.481 e. The van der Waals surface area contributed by atoms with Crippen LogP contribution in [-0.2, 0) is 27.0 Å². The third kappa shape index (κ3) is 5.51. The van der Waals surface area contributed by atoms with Crippen LogP contribution in [0, 0.1) is 0 Å². The second-order valence-electron chi connectivity index (χ2n) is 6.39. The van der Waals surface area contributed by atoms with E-state index >= 15 is 0 Å². The van der Waals surface area contributed by atoms with Crippen molar-refractivity contribution in [2.45, 2.75) is 19.0 Å². The number of carboxylic acid groups (broad SMARTS) is 1. The van der Waals surface area contributed by atoms with Crippen LogP contribution in [0.2, 0.25) is 0 Å². The Hall–Kier alpha value is -3.60. The molecule has 0 radical (unpaired) electrons. The number of nitrogens with zero attached hydrogens (tertiary/aromatic N) is 1. The summed E-state index contributed by atoms with van der Waals surface area (Å²) in [6, 6.07) is 10.8. The van der Waals surface area contributed by atoms with Crippen molar-refractivity contribution < 1.29 is 32.7 Å². The van der Waals surface area contributed by atoms with Crippen LogP contribution in [0.4, 0.5) is 18.9 Å². The lowest BCUT2D eigenvalue weighted by atomic mass is 10.2. The Bertz CT molecular complexity index is 1110. The van der Waals surface area contributed by atoms with Crippen molar-refractivity contribution >= 4 is 34.8 Å². The standard InChI is InChI=1S/C20H16F3N3O4S/c21-20(22,23)12-3-1-4-13(11-12)24-18(29)19(30)25-26-14(7-9-17(27)28)6-8-15(26)16-5-2-10-31-16/h1-6,8,10-11H,7,9H2,(H,24,29)(H,25,30)(H,27,28). The summed E-state index contributed by atoms with van der Waals surface area (Å²) in [7, 11) is 0. The molecule has 3 N–H and O–H groups in total. The van der Waals surface area contributed by atoms with Crippen LogP contribution in [0.1, 0.15) is 17.7 Å². The number of hydrogen-bond acceptors (Lipinski definition) is 4. The molecule has 0 aliphatic heterocycles. The number of amides is 2. The third-order valence-electron chi connectivity index (χ3n) is 4.20. The smallest absolute Gasteiger partial charge is 0.416 e. The number of hydrogen-bond donors (Lipinski definition) is 3. The molecule has 2 aromatic heterocycles. The molecule has 7 nitrogen and oxygen atoms in total. The molecule has 11 heteroatoms. The molecular formula is C20H16F3N3O4S. The van der Waals surface area contributed by atoms with Gasteiger partial charge in [-0.15, -0.1) is 11.3 Å². The van der Waals surface area contributed by atoms with Gasteiger partial charge < -0.3 is 10.4 Å². The lowest BCUT2D eigenvalue weighted by Crippen LogP contribution is -2.35. The molecule has 0 saturated carbocycles. The molecule has 0 fully saturated rings. The van der Waals surface area contributed by atoms with Gasteiger partial charge >= 0.3 is 24.0 Å². The maximum Gasteiger partial charge on any atom is 0.416 e. The van der Waals surface area contributed by atoms with E-state index in [-0.39, 0.29) is 18.5 Å². The van der Waals surface area contributed by atoms with E-state index in [2.05, 4.69) is 10.7 Å². The van der Waals surface area contributed by atoms with Gasteiger partial charge in [0.25, 0.3) is 0 Å². The molecule has 0 atom stereocenters. The van der Waals surface area contributed by atoms with Gasteiger partial charge in [-0.25, -0.2) is 0 Å². The molecule has 162 valence electrons. The Labute approximate surface area is 178 Å². The predicted octanol–water partition coefficient (Wildman–Crippen LogP) is 3.96. The number of thiophene rings is 1. The summed E-state index contributed by atoms with van der Waals surface area (Å²) < 4.78 is 39.8. The first-order valence-electron chi connectivity index (χ1n) is 8.91. The molecule has 1 aromatic carbocycles. The lowest BCUT2D eigenvalue weighted by molar-refractivity contribution is -0.138. The number of carbonyl (C=O) groups excluding carboxylic acids is 2. The van der Waals surface area contributed by atoms with Crippen LogP contribution in [0.15, 0.2) is 53.9 Å². The Balaban J connectivity index is 1.79. The number of benzene rings is 1. The van der Waals surface area contributed by atoms with Crippen molar-refractivity contribution in [2.24, 2.45) is 0 Å². The number of halogens is 3. The van der Waals surface area contributed by atoms with E-state index in [1.54, 1.807) is 24.3 Å². The Kier molecular flexibility index (Phi) is 6.44. The minimum atomic E-state index is -4.59. The van der Waals surface area contributed by atoms with Gasteiger partial charge in [-0.3, -0.25) is 24.5 Å². The van der Waals surface area contributed by atoms with E-state index in [1.807, 2.05) is 5.38 Å². The highest BCUT2D eigenvalue weighted by molar-refractivity contribution is 7.13. The third-order valence-corrected chi connectivity index (χ3v) is 5.09. The topological polar surface area (TPSA) is 100 Å². The van der Waals surface area contributed by atoms with Crippen molar-refractivity contribution in [3.05, 3.63) is 65.2 Å². The SMILES string of the molecule is O=C(O)CCc1ccc(-c2cccs2)n1NC(=O)C(=O)Nc1cccc(C(F)(F)F)c1. The number of carboxylic acids is 1. The van der Waals surface area contributed by atoms with Gasteiger partial charge in [0.15, 0.2) is 0 Å². The van der Waals surface area contributed by atoms with E-state index in [1.165, 1.54) is 22.1 Å². The molecule has 3 aromatic rings. The number of rotatable bonds is 6. The fraction of sp³-hybridized carbons (Fsp3) is 0.150.